The third-order valence-corrected chi connectivity index (χ3v) is 7.85. The summed E-state index contributed by atoms with van der Waals surface area (Å²) in [6.07, 6.45) is 0.956. The van der Waals surface area contributed by atoms with Crippen molar-refractivity contribution in [2.45, 2.75) is 14.7 Å². The van der Waals surface area contributed by atoms with Crippen molar-refractivity contribution in [2.24, 2.45) is 0 Å². The number of hydrogen-bond donors (Lipinski definition) is 7. The second-order valence-electron chi connectivity index (χ2n) is 7.48. The highest BCUT2D eigenvalue weighted by atomic mass is 32.2. The fourth-order valence-corrected chi connectivity index (χ4v) is 5.61. The molecule has 2 aromatic carbocycles. The van der Waals surface area contributed by atoms with Crippen molar-refractivity contribution in [1.82, 2.24) is 19.7 Å². The zero-order valence-corrected chi connectivity index (χ0v) is 22.1. The molecule has 0 unspecified atom stereocenters. The van der Waals surface area contributed by atoms with Crippen molar-refractivity contribution >= 4 is 74.7 Å². The number of nitrogens with one attached hydrogen (secondary N) is 3. The van der Waals surface area contributed by atoms with E-state index in [2.05, 4.69) is 30.3 Å². The van der Waals surface area contributed by atoms with E-state index in [9.17, 15) is 47.3 Å². The molecule has 0 aliphatic rings. The summed E-state index contributed by atoms with van der Waals surface area (Å²) in [4.78, 5) is 8.36. The molecule has 18 nitrogen and oxygen atoms in total. The zero-order valence-electron chi connectivity index (χ0n) is 18.9. The molecular formula is C16H19N7O11S4. The van der Waals surface area contributed by atoms with Crippen LogP contribution < -0.4 is 21.1 Å². The summed E-state index contributed by atoms with van der Waals surface area (Å²) in [5.41, 5.74) is 5.36. The highest BCUT2D eigenvalue weighted by Crippen LogP contribution is 2.35. The first kappa shape index (κ1) is 29.3. The predicted octanol–water partition coefficient (Wildman–Crippen LogP) is -0.948. The highest BCUT2D eigenvalue weighted by Gasteiger charge is 2.25. The Balaban J connectivity index is 2.14. The molecule has 3 rings (SSSR count). The number of hydrogen-bond acceptors (Lipinski definition) is 14. The predicted molar refractivity (Wildman–Crippen MR) is 132 cm³/mol. The lowest BCUT2D eigenvalue weighted by atomic mass is 10.1. The van der Waals surface area contributed by atoms with Crippen LogP contribution in [-0.2, 0) is 40.4 Å². The number of nitrogen functional groups attached to an aromatic ring is 1. The standard InChI is InChI=1S/C16H19N7O11S4/c1-35(24,25)19-3-2-18-15-21-14(17)22-16(23-15)20-8-4-10-11(12(5-8)37(29,30)31)6-9(36(26,27)28)7-13(10)38(32,33)34/h4-7,19H,2-3H2,1H3,(H,26,27,28)(H,29,30,31)(H,32,33,34)(H4,17,18,20,21,22,23). The van der Waals surface area contributed by atoms with Crippen molar-refractivity contribution in [3.8, 4) is 0 Å². The minimum atomic E-state index is -5.20. The molecule has 0 bridgehead atoms. The Morgan fingerprint density at radius 1 is 0.737 bits per heavy atom. The zero-order chi connectivity index (χ0) is 28.7. The topological polar surface area (TPSA) is 298 Å². The number of benzene rings is 2. The molecular weight excluding hydrogens is 594 g/mol. The lowest BCUT2D eigenvalue weighted by molar-refractivity contribution is 0.478. The van der Waals surface area contributed by atoms with Gasteiger partial charge in [-0.1, -0.05) is 0 Å². The van der Waals surface area contributed by atoms with Gasteiger partial charge in [-0.25, -0.2) is 13.1 Å². The van der Waals surface area contributed by atoms with Crippen molar-refractivity contribution < 1.29 is 47.3 Å². The van der Waals surface area contributed by atoms with Crippen molar-refractivity contribution in [1.29, 1.82) is 0 Å². The van der Waals surface area contributed by atoms with Crippen LogP contribution in [0.25, 0.3) is 10.8 Å². The lowest BCUT2D eigenvalue weighted by Gasteiger charge is -2.14. The normalized spacial score (nSPS) is 12.9. The maximum atomic E-state index is 12.1. The summed E-state index contributed by atoms with van der Waals surface area (Å²) in [6, 6.07) is 2.70. The quantitative estimate of drug-likeness (QED) is 0.107. The monoisotopic (exact) mass is 613 g/mol. The number of aromatic nitrogens is 3. The maximum Gasteiger partial charge on any atom is 0.295 e. The molecule has 3 aromatic rings. The van der Waals surface area contributed by atoms with Gasteiger partial charge in [0, 0.05) is 29.5 Å². The number of fused-ring (bicyclic) bond motifs is 1. The van der Waals surface area contributed by atoms with Crippen LogP contribution in [0.15, 0.2) is 39.0 Å². The van der Waals surface area contributed by atoms with Crippen LogP contribution in [0.2, 0.25) is 0 Å². The number of rotatable bonds is 10. The molecule has 1 heterocycles. The fraction of sp³-hybridized carbons (Fsp3) is 0.188. The molecule has 0 radical (unpaired) electrons. The van der Waals surface area contributed by atoms with Gasteiger partial charge in [0.15, 0.2) is 0 Å². The van der Waals surface area contributed by atoms with Gasteiger partial charge in [0.05, 0.1) is 11.2 Å². The van der Waals surface area contributed by atoms with E-state index in [1.54, 1.807) is 0 Å². The van der Waals surface area contributed by atoms with Crippen molar-refractivity contribution in [2.75, 3.05) is 35.7 Å². The molecule has 0 saturated carbocycles. The first-order valence-electron chi connectivity index (χ1n) is 9.75. The summed E-state index contributed by atoms with van der Waals surface area (Å²) in [5.74, 6) is -0.796. The van der Waals surface area contributed by atoms with Crippen LogP contribution in [0.3, 0.4) is 0 Å². The van der Waals surface area contributed by atoms with Crippen LogP contribution in [-0.4, -0.2) is 81.6 Å². The highest BCUT2D eigenvalue weighted by molar-refractivity contribution is 7.88. The van der Waals surface area contributed by atoms with Gasteiger partial charge >= 0.3 is 0 Å². The van der Waals surface area contributed by atoms with E-state index in [4.69, 9.17) is 5.73 Å². The Hall–Kier alpha value is -3.25. The van der Waals surface area contributed by atoms with E-state index in [0.717, 1.165) is 18.4 Å². The molecule has 1 aromatic heterocycles. The second-order valence-corrected chi connectivity index (χ2v) is 13.5. The fourth-order valence-electron chi connectivity index (χ4n) is 3.09. The summed E-state index contributed by atoms with van der Waals surface area (Å²) < 4.78 is 125. The van der Waals surface area contributed by atoms with Crippen LogP contribution in [0, 0.1) is 0 Å². The van der Waals surface area contributed by atoms with E-state index in [1.807, 2.05) is 0 Å². The van der Waals surface area contributed by atoms with Crippen LogP contribution in [0.1, 0.15) is 0 Å². The number of nitrogens with two attached hydrogens (primary N) is 1. The molecule has 8 N–H and O–H groups in total. The first-order chi connectivity index (χ1) is 17.2. The van der Waals surface area contributed by atoms with E-state index in [0.29, 0.717) is 12.1 Å². The third kappa shape index (κ3) is 7.41. The minimum Gasteiger partial charge on any atom is -0.368 e. The van der Waals surface area contributed by atoms with E-state index < -0.39 is 65.8 Å². The molecule has 22 heteroatoms. The Kier molecular flexibility index (Phi) is 7.82. The van der Waals surface area contributed by atoms with Gasteiger partial charge in [-0.3, -0.25) is 13.7 Å². The van der Waals surface area contributed by atoms with E-state index in [1.165, 1.54) is 0 Å². The van der Waals surface area contributed by atoms with Crippen molar-refractivity contribution in [3.63, 3.8) is 0 Å². The van der Waals surface area contributed by atoms with Gasteiger partial charge in [0.25, 0.3) is 30.4 Å². The summed E-state index contributed by atoms with van der Waals surface area (Å²) in [5, 5.41) is 3.94. The maximum absolute atomic E-state index is 12.1. The number of sulfonamides is 1. The Bertz CT molecular complexity index is 1860. The molecule has 38 heavy (non-hydrogen) atoms. The summed E-state index contributed by atoms with van der Waals surface area (Å²) in [7, 11) is -18.9. The average molecular weight is 614 g/mol. The molecule has 0 spiro atoms. The van der Waals surface area contributed by atoms with Gasteiger partial charge in [0.2, 0.25) is 27.9 Å². The molecule has 0 atom stereocenters. The van der Waals surface area contributed by atoms with Crippen LogP contribution >= 0.6 is 0 Å². The molecule has 0 fully saturated rings. The molecule has 0 aliphatic carbocycles. The third-order valence-electron chi connectivity index (χ3n) is 4.50. The van der Waals surface area contributed by atoms with Crippen LogP contribution in [0.4, 0.5) is 23.5 Å². The van der Waals surface area contributed by atoms with Crippen LogP contribution in [0.5, 0.6) is 0 Å². The Morgan fingerprint density at radius 3 is 1.84 bits per heavy atom. The van der Waals surface area contributed by atoms with E-state index in [-0.39, 0.29) is 36.6 Å². The van der Waals surface area contributed by atoms with Crippen molar-refractivity contribution in [3.05, 3.63) is 24.3 Å². The molecule has 208 valence electrons. The van der Waals surface area contributed by atoms with Gasteiger partial charge in [-0.2, -0.15) is 40.2 Å². The SMILES string of the molecule is CS(=O)(=O)NCCNc1nc(N)nc(Nc2cc(S(=O)(=O)O)c3cc(S(=O)(=O)O)cc(S(=O)(=O)O)c3c2)n1. The Labute approximate surface area is 216 Å². The largest absolute Gasteiger partial charge is 0.368 e. The van der Waals surface area contributed by atoms with Gasteiger partial charge in [-0.05, 0) is 24.3 Å². The Morgan fingerprint density at radius 2 is 1.29 bits per heavy atom. The number of anilines is 4. The minimum absolute atomic E-state index is 0.0205. The lowest BCUT2D eigenvalue weighted by Crippen LogP contribution is -2.28. The average Bonchev–Trinajstić information content (AvgIpc) is 2.72. The smallest absolute Gasteiger partial charge is 0.295 e. The molecule has 0 saturated heterocycles. The summed E-state index contributed by atoms with van der Waals surface area (Å²) >= 11 is 0. The molecule has 0 aliphatic heterocycles. The second kappa shape index (κ2) is 10.1. The first-order valence-corrected chi connectivity index (χ1v) is 16.0. The van der Waals surface area contributed by atoms with Gasteiger partial charge in [-0.15, -0.1) is 0 Å². The van der Waals surface area contributed by atoms with Gasteiger partial charge < -0.3 is 16.4 Å². The van der Waals surface area contributed by atoms with E-state index >= 15 is 0 Å². The van der Waals surface area contributed by atoms with Gasteiger partial charge in [0.1, 0.15) is 9.79 Å². The summed E-state index contributed by atoms with van der Waals surface area (Å²) in [6.45, 7) is -0.0216. The molecule has 0 amide bonds. The number of nitrogens with zero attached hydrogens (tertiary/aromatic N) is 3.